The highest BCUT2D eigenvalue weighted by atomic mass is 16.7. The molecule has 1 fully saturated rings. The van der Waals surface area contributed by atoms with Crippen LogP contribution in [0.4, 0.5) is 4.79 Å². The van der Waals surface area contributed by atoms with Gasteiger partial charge in [0.1, 0.15) is 11.9 Å². The van der Waals surface area contributed by atoms with Crippen LogP contribution in [0.2, 0.25) is 0 Å². The van der Waals surface area contributed by atoms with Crippen molar-refractivity contribution in [3.05, 3.63) is 53.6 Å². The first-order valence-electron chi connectivity index (χ1n) is 10.0. The van der Waals surface area contributed by atoms with Crippen molar-refractivity contribution in [1.29, 1.82) is 0 Å². The number of ether oxygens (including phenoxy) is 3. The van der Waals surface area contributed by atoms with Gasteiger partial charge in [-0.3, -0.25) is 0 Å². The Kier molecular flexibility index (Phi) is 5.15. The summed E-state index contributed by atoms with van der Waals surface area (Å²) in [5.74, 6) is -1.86. The number of aliphatic hydroxyl groups excluding tert-OH is 1. The van der Waals surface area contributed by atoms with Gasteiger partial charge in [-0.1, -0.05) is 38.1 Å². The van der Waals surface area contributed by atoms with Crippen LogP contribution >= 0.6 is 0 Å². The van der Waals surface area contributed by atoms with Crippen molar-refractivity contribution in [2.45, 2.75) is 51.3 Å². The maximum atomic E-state index is 11.6. The van der Waals surface area contributed by atoms with Crippen LogP contribution in [0.25, 0.3) is 11.1 Å². The molecule has 0 aromatic heterocycles. The van der Waals surface area contributed by atoms with Crippen molar-refractivity contribution in [1.82, 2.24) is 0 Å². The molecule has 0 bridgehead atoms. The van der Waals surface area contributed by atoms with E-state index in [1.807, 2.05) is 19.9 Å². The average molecular weight is 427 g/mol. The van der Waals surface area contributed by atoms with Crippen molar-refractivity contribution >= 4 is 12.1 Å². The molecule has 8 heteroatoms. The summed E-state index contributed by atoms with van der Waals surface area (Å²) >= 11 is 0. The Morgan fingerprint density at radius 1 is 1.19 bits per heavy atom. The van der Waals surface area contributed by atoms with Crippen molar-refractivity contribution in [2.75, 3.05) is 0 Å². The molecule has 1 heterocycles. The van der Waals surface area contributed by atoms with E-state index in [0.29, 0.717) is 24.2 Å². The highest BCUT2D eigenvalue weighted by Gasteiger charge is 2.57. The van der Waals surface area contributed by atoms with E-state index in [1.54, 1.807) is 36.4 Å². The standard InChI is InChI=1S/C23H25NO7/c1-22(2)10-18(30-21(24)28)19(25)23(12-22)29-11-14-9-13(7-8-17(14)31-23)15-5-3-4-6-16(15)20(26)27/h3-9,18-19,25H,10-12H2,1-2H3,(H2,24,28)(H,26,27)/t18-,19-,23-/m1/s1. The Morgan fingerprint density at radius 2 is 1.94 bits per heavy atom. The zero-order chi connectivity index (χ0) is 22.4. The minimum absolute atomic E-state index is 0.148. The lowest BCUT2D eigenvalue weighted by atomic mass is 9.71. The normalized spacial score (nSPS) is 26.5. The fourth-order valence-corrected chi connectivity index (χ4v) is 4.57. The fraction of sp³-hybridized carbons (Fsp3) is 0.391. The van der Waals surface area contributed by atoms with Crippen LogP contribution in [0.1, 0.15) is 42.6 Å². The van der Waals surface area contributed by atoms with Gasteiger partial charge >= 0.3 is 12.1 Å². The number of carboxylic acids is 1. The summed E-state index contributed by atoms with van der Waals surface area (Å²) in [6.07, 6.45) is -2.22. The molecule has 2 aromatic rings. The highest BCUT2D eigenvalue weighted by Crippen LogP contribution is 2.48. The maximum Gasteiger partial charge on any atom is 0.404 e. The third-order valence-electron chi connectivity index (χ3n) is 5.83. The molecule has 8 nitrogen and oxygen atoms in total. The van der Waals surface area contributed by atoms with Crippen LogP contribution in [0.3, 0.4) is 0 Å². The van der Waals surface area contributed by atoms with Gasteiger partial charge in [-0.15, -0.1) is 0 Å². The Bertz CT molecular complexity index is 1030. The number of carbonyl (C=O) groups excluding carboxylic acids is 1. The van der Waals surface area contributed by atoms with Gasteiger partial charge in [0.05, 0.1) is 12.2 Å². The lowest BCUT2D eigenvalue weighted by Gasteiger charge is -2.51. The molecule has 1 spiro atoms. The third-order valence-corrected chi connectivity index (χ3v) is 5.83. The van der Waals surface area contributed by atoms with Gasteiger partial charge in [0.15, 0.2) is 6.10 Å². The van der Waals surface area contributed by atoms with E-state index in [1.165, 1.54) is 0 Å². The molecule has 2 aliphatic rings. The second-order valence-electron chi connectivity index (χ2n) is 8.84. The molecule has 0 saturated heterocycles. The molecule has 1 aliphatic carbocycles. The Labute approximate surface area is 179 Å². The monoisotopic (exact) mass is 427 g/mol. The summed E-state index contributed by atoms with van der Waals surface area (Å²) in [7, 11) is 0. The van der Waals surface area contributed by atoms with Gasteiger partial charge in [0.2, 0.25) is 5.79 Å². The molecule has 4 N–H and O–H groups in total. The summed E-state index contributed by atoms with van der Waals surface area (Å²) in [6.45, 7) is 4.10. The van der Waals surface area contributed by atoms with Crippen LogP contribution in [0.15, 0.2) is 42.5 Å². The van der Waals surface area contributed by atoms with Crippen LogP contribution in [0.5, 0.6) is 5.75 Å². The number of benzene rings is 2. The Morgan fingerprint density at radius 3 is 2.65 bits per heavy atom. The molecular formula is C23H25NO7. The van der Waals surface area contributed by atoms with Crippen molar-refractivity contribution in [3.63, 3.8) is 0 Å². The number of aliphatic hydroxyl groups is 1. The number of nitrogens with two attached hydrogens (primary N) is 1. The number of aromatic carboxylic acids is 1. The van der Waals surface area contributed by atoms with Gasteiger partial charge < -0.3 is 30.2 Å². The van der Waals surface area contributed by atoms with Crippen molar-refractivity contribution < 1.29 is 34.0 Å². The maximum absolute atomic E-state index is 11.6. The van der Waals surface area contributed by atoms with E-state index in [-0.39, 0.29) is 17.6 Å². The number of rotatable bonds is 3. The second kappa shape index (κ2) is 7.55. The van der Waals surface area contributed by atoms with Gasteiger partial charge in [0.25, 0.3) is 0 Å². The number of carbonyl (C=O) groups is 2. The van der Waals surface area contributed by atoms with Crippen molar-refractivity contribution in [2.24, 2.45) is 11.1 Å². The number of hydrogen-bond acceptors (Lipinski definition) is 6. The van der Waals surface area contributed by atoms with Crippen LogP contribution in [-0.4, -0.2) is 40.3 Å². The molecule has 1 saturated carbocycles. The van der Waals surface area contributed by atoms with Crippen LogP contribution in [0, 0.1) is 5.41 Å². The quantitative estimate of drug-likeness (QED) is 0.685. The Balaban J connectivity index is 1.66. The predicted octanol–water partition coefficient (Wildman–Crippen LogP) is 3.30. The minimum Gasteiger partial charge on any atom is -0.478 e. The average Bonchev–Trinajstić information content (AvgIpc) is 2.70. The fourth-order valence-electron chi connectivity index (χ4n) is 4.57. The topological polar surface area (TPSA) is 128 Å². The number of fused-ring (bicyclic) bond motifs is 1. The van der Waals surface area contributed by atoms with E-state index < -0.39 is 30.1 Å². The predicted molar refractivity (Wildman–Crippen MR) is 110 cm³/mol. The smallest absolute Gasteiger partial charge is 0.404 e. The van der Waals surface area contributed by atoms with Gasteiger partial charge in [-0.25, -0.2) is 9.59 Å². The molecule has 0 radical (unpaired) electrons. The van der Waals surface area contributed by atoms with Gasteiger partial charge in [-0.05, 0) is 41.2 Å². The number of carboxylic acid groups (broad SMARTS) is 1. The zero-order valence-electron chi connectivity index (χ0n) is 17.3. The van der Waals surface area contributed by atoms with E-state index in [0.717, 1.165) is 11.1 Å². The Hall–Kier alpha value is -3.10. The lowest BCUT2D eigenvalue weighted by Crippen LogP contribution is -2.63. The van der Waals surface area contributed by atoms with E-state index in [2.05, 4.69) is 0 Å². The highest BCUT2D eigenvalue weighted by molar-refractivity contribution is 5.96. The van der Waals surface area contributed by atoms with Crippen LogP contribution in [-0.2, 0) is 16.1 Å². The summed E-state index contributed by atoms with van der Waals surface area (Å²) in [5.41, 5.74) is 7.08. The summed E-state index contributed by atoms with van der Waals surface area (Å²) in [4.78, 5) is 22.9. The minimum atomic E-state index is -1.38. The van der Waals surface area contributed by atoms with E-state index >= 15 is 0 Å². The first kappa shape index (κ1) is 21.1. The van der Waals surface area contributed by atoms with E-state index in [9.17, 15) is 19.8 Å². The van der Waals surface area contributed by atoms with Crippen molar-refractivity contribution in [3.8, 4) is 16.9 Å². The first-order valence-corrected chi connectivity index (χ1v) is 10.0. The van der Waals surface area contributed by atoms with E-state index in [4.69, 9.17) is 19.9 Å². The molecule has 1 amide bonds. The van der Waals surface area contributed by atoms with Gasteiger partial charge in [-0.2, -0.15) is 0 Å². The lowest BCUT2D eigenvalue weighted by molar-refractivity contribution is -0.304. The summed E-state index contributed by atoms with van der Waals surface area (Å²) in [5, 5.41) is 20.4. The molecule has 3 atom stereocenters. The molecule has 1 aliphatic heterocycles. The second-order valence-corrected chi connectivity index (χ2v) is 8.84. The SMILES string of the molecule is CC1(C)C[C@@H](OC(N)=O)[C@@H](O)[C@]2(C1)OCc1cc(-c3ccccc3C(=O)O)ccc1O2. The molecule has 0 unspecified atom stereocenters. The first-order chi connectivity index (χ1) is 14.6. The molecule has 164 valence electrons. The van der Waals surface area contributed by atoms with Gasteiger partial charge in [0, 0.05) is 12.0 Å². The molecule has 4 rings (SSSR count). The number of primary amides is 1. The molecular weight excluding hydrogens is 402 g/mol. The van der Waals surface area contributed by atoms with Crippen LogP contribution < -0.4 is 10.5 Å². The summed E-state index contributed by atoms with van der Waals surface area (Å²) < 4.78 is 17.3. The summed E-state index contributed by atoms with van der Waals surface area (Å²) in [6, 6.07) is 12.1. The number of amides is 1. The zero-order valence-corrected chi connectivity index (χ0v) is 17.3. The molecule has 2 aromatic carbocycles. The third kappa shape index (κ3) is 3.96. The molecule has 31 heavy (non-hydrogen) atoms. The largest absolute Gasteiger partial charge is 0.478 e. The number of hydrogen-bond donors (Lipinski definition) is 3.